The summed E-state index contributed by atoms with van der Waals surface area (Å²) in [5.74, 6) is 0. The van der Waals surface area contributed by atoms with Gasteiger partial charge in [-0.05, 0) is 32.0 Å². The Labute approximate surface area is 115 Å². The first kappa shape index (κ1) is 12.7. The summed E-state index contributed by atoms with van der Waals surface area (Å²) in [6, 6.07) is 5.12. The summed E-state index contributed by atoms with van der Waals surface area (Å²) in [6.45, 7) is 3.32. The van der Waals surface area contributed by atoms with Crippen molar-refractivity contribution in [2.75, 3.05) is 4.72 Å². The lowest BCUT2D eigenvalue weighted by atomic mass is 10.3. The van der Waals surface area contributed by atoms with Crippen LogP contribution in [0.4, 0.5) is 5.69 Å². The van der Waals surface area contributed by atoms with E-state index < -0.39 is 10.0 Å². The average Bonchev–Trinajstić information content (AvgIpc) is 2.95. The summed E-state index contributed by atoms with van der Waals surface area (Å²) in [7, 11) is -3.66. The number of hydrogen-bond acceptors (Lipinski definition) is 4. The maximum Gasteiger partial charge on any atom is 0.265 e. The molecule has 0 bridgehead atoms. The second-order valence-electron chi connectivity index (χ2n) is 4.50. The van der Waals surface area contributed by atoms with Gasteiger partial charge in [0.25, 0.3) is 10.0 Å². The highest BCUT2D eigenvalue weighted by Gasteiger charge is 2.22. The number of sulfonamides is 1. The smallest absolute Gasteiger partial charge is 0.265 e. The summed E-state index contributed by atoms with van der Waals surface area (Å²) < 4.78 is 27.3. The minimum Gasteiger partial charge on any atom is -0.345 e. The summed E-state index contributed by atoms with van der Waals surface area (Å²) in [6.07, 6.45) is 1.56. The fourth-order valence-electron chi connectivity index (χ4n) is 2.14. The van der Waals surface area contributed by atoms with E-state index in [1.54, 1.807) is 38.4 Å². The lowest BCUT2D eigenvalue weighted by molar-refractivity contribution is 0.600. The average molecular weight is 291 g/mol. The minimum atomic E-state index is -3.66. The summed E-state index contributed by atoms with van der Waals surface area (Å²) in [5, 5.41) is 6.57. The van der Waals surface area contributed by atoms with Crippen molar-refractivity contribution in [1.29, 1.82) is 0 Å². The Morgan fingerprint density at radius 3 is 2.75 bits per heavy atom. The Morgan fingerprint density at radius 1 is 1.25 bits per heavy atom. The molecule has 8 heteroatoms. The number of benzene rings is 1. The number of fused-ring (bicyclic) bond motifs is 1. The number of anilines is 1. The third-order valence-corrected chi connectivity index (χ3v) is 4.65. The zero-order valence-corrected chi connectivity index (χ0v) is 11.7. The summed E-state index contributed by atoms with van der Waals surface area (Å²) in [4.78, 5) is 7.21. The van der Waals surface area contributed by atoms with E-state index in [2.05, 4.69) is 24.9 Å². The second kappa shape index (κ2) is 4.34. The van der Waals surface area contributed by atoms with Gasteiger partial charge in [-0.1, -0.05) is 0 Å². The molecule has 2 aromatic heterocycles. The van der Waals surface area contributed by atoms with Crippen LogP contribution in [0.1, 0.15) is 11.4 Å². The predicted molar refractivity (Wildman–Crippen MR) is 75.0 cm³/mol. The van der Waals surface area contributed by atoms with Crippen LogP contribution in [0.25, 0.3) is 11.0 Å². The molecule has 0 saturated heterocycles. The molecule has 3 rings (SSSR count). The van der Waals surface area contributed by atoms with E-state index >= 15 is 0 Å². The molecule has 0 atom stereocenters. The van der Waals surface area contributed by atoms with Crippen molar-refractivity contribution in [3.05, 3.63) is 35.9 Å². The molecule has 0 fully saturated rings. The zero-order chi connectivity index (χ0) is 14.3. The normalized spacial score (nSPS) is 11.9. The fraction of sp³-hybridized carbons (Fsp3) is 0.167. The molecule has 0 amide bonds. The molecule has 3 aromatic rings. The van der Waals surface area contributed by atoms with Gasteiger partial charge in [-0.3, -0.25) is 9.82 Å². The molecule has 104 valence electrons. The molecule has 0 unspecified atom stereocenters. The van der Waals surface area contributed by atoms with Gasteiger partial charge in [0.05, 0.1) is 34.4 Å². The van der Waals surface area contributed by atoms with Crippen molar-refractivity contribution in [1.82, 2.24) is 20.2 Å². The molecule has 0 aliphatic carbocycles. The van der Waals surface area contributed by atoms with Gasteiger partial charge in [0.2, 0.25) is 0 Å². The maximum atomic E-state index is 12.4. The third kappa shape index (κ3) is 2.03. The van der Waals surface area contributed by atoms with E-state index in [4.69, 9.17) is 0 Å². The summed E-state index contributed by atoms with van der Waals surface area (Å²) >= 11 is 0. The molecule has 2 heterocycles. The van der Waals surface area contributed by atoms with Gasteiger partial charge < -0.3 is 4.98 Å². The lowest BCUT2D eigenvalue weighted by Crippen LogP contribution is -2.14. The minimum absolute atomic E-state index is 0.183. The first-order valence-electron chi connectivity index (χ1n) is 5.95. The topological polar surface area (TPSA) is 104 Å². The van der Waals surface area contributed by atoms with Gasteiger partial charge in [-0.25, -0.2) is 13.4 Å². The van der Waals surface area contributed by atoms with Crippen LogP contribution in [-0.2, 0) is 10.0 Å². The highest BCUT2D eigenvalue weighted by molar-refractivity contribution is 7.92. The van der Waals surface area contributed by atoms with Crippen molar-refractivity contribution >= 4 is 26.7 Å². The standard InChI is InChI=1S/C12H13N5O2S/c1-7-12(8(2)16-15-7)20(18,19)17-9-3-4-10-11(5-9)14-6-13-10/h3-6,17H,1-2H3,(H,13,14)(H,15,16). The van der Waals surface area contributed by atoms with E-state index in [1.165, 1.54) is 0 Å². The first-order chi connectivity index (χ1) is 9.47. The molecule has 0 aliphatic heterocycles. The second-order valence-corrected chi connectivity index (χ2v) is 6.12. The van der Waals surface area contributed by atoms with Gasteiger partial charge in [0, 0.05) is 0 Å². The molecule has 0 aliphatic rings. The van der Waals surface area contributed by atoms with Gasteiger partial charge in [0.1, 0.15) is 4.90 Å². The Hall–Kier alpha value is -2.35. The number of imidazole rings is 1. The van der Waals surface area contributed by atoms with Gasteiger partial charge >= 0.3 is 0 Å². The molecule has 0 spiro atoms. The zero-order valence-electron chi connectivity index (χ0n) is 10.9. The first-order valence-corrected chi connectivity index (χ1v) is 7.43. The van der Waals surface area contributed by atoms with Crippen LogP contribution in [0.15, 0.2) is 29.4 Å². The van der Waals surface area contributed by atoms with Crippen LogP contribution in [0, 0.1) is 13.8 Å². The Balaban J connectivity index is 2.01. The Kier molecular flexibility index (Phi) is 2.75. The van der Waals surface area contributed by atoms with Crippen LogP contribution in [-0.4, -0.2) is 28.6 Å². The molecule has 0 radical (unpaired) electrons. The lowest BCUT2D eigenvalue weighted by Gasteiger charge is -2.08. The molecule has 1 aromatic carbocycles. The van der Waals surface area contributed by atoms with Crippen molar-refractivity contribution in [3.8, 4) is 0 Å². The number of aryl methyl sites for hydroxylation is 2. The van der Waals surface area contributed by atoms with E-state index in [9.17, 15) is 8.42 Å². The Bertz CT molecular complexity index is 859. The quantitative estimate of drug-likeness (QED) is 0.683. The van der Waals surface area contributed by atoms with Gasteiger partial charge in [0.15, 0.2) is 0 Å². The Morgan fingerprint density at radius 2 is 2.05 bits per heavy atom. The number of rotatable bonds is 3. The number of aromatic nitrogens is 4. The van der Waals surface area contributed by atoms with Crippen LogP contribution in [0.5, 0.6) is 0 Å². The monoisotopic (exact) mass is 291 g/mol. The van der Waals surface area contributed by atoms with Gasteiger partial charge in [-0.2, -0.15) is 5.10 Å². The van der Waals surface area contributed by atoms with E-state index in [0.29, 0.717) is 17.1 Å². The number of hydrogen-bond donors (Lipinski definition) is 3. The van der Waals surface area contributed by atoms with Crippen molar-refractivity contribution in [2.45, 2.75) is 18.7 Å². The van der Waals surface area contributed by atoms with E-state index in [0.717, 1.165) is 11.0 Å². The maximum absolute atomic E-state index is 12.4. The highest BCUT2D eigenvalue weighted by Crippen LogP contribution is 2.22. The van der Waals surface area contributed by atoms with Crippen molar-refractivity contribution in [3.63, 3.8) is 0 Å². The molecule has 3 N–H and O–H groups in total. The van der Waals surface area contributed by atoms with E-state index in [1.807, 2.05) is 0 Å². The van der Waals surface area contributed by atoms with Gasteiger partial charge in [-0.15, -0.1) is 0 Å². The third-order valence-electron chi connectivity index (χ3n) is 3.00. The molecular weight excluding hydrogens is 278 g/mol. The fourth-order valence-corrected chi connectivity index (χ4v) is 3.56. The number of H-pyrrole nitrogens is 2. The van der Waals surface area contributed by atoms with Crippen molar-refractivity contribution in [2.24, 2.45) is 0 Å². The number of aromatic amines is 2. The molecule has 20 heavy (non-hydrogen) atoms. The van der Waals surface area contributed by atoms with Crippen LogP contribution < -0.4 is 4.72 Å². The highest BCUT2D eigenvalue weighted by atomic mass is 32.2. The predicted octanol–water partition coefficient (Wildman–Crippen LogP) is 1.70. The molecular formula is C12H13N5O2S. The largest absolute Gasteiger partial charge is 0.345 e. The van der Waals surface area contributed by atoms with Crippen LogP contribution in [0.2, 0.25) is 0 Å². The van der Waals surface area contributed by atoms with Crippen LogP contribution in [0.3, 0.4) is 0 Å². The summed E-state index contributed by atoms with van der Waals surface area (Å²) in [5.41, 5.74) is 2.98. The van der Waals surface area contributed by atoms with E-state index in [-0.39, 0.29) is 4.90 Å². The molecule has 7 nitrogen and oxygen atoms in total. The molecule has 0 saturated carbocycles. The van der Waals surface area contributed by atoms with Crippen molar-refractivity contribution < 1.29 is 8.42 Å². The number of nitrogens with one attached hydrogen (secondary N) is 3. The number of nitrogens with zero attached hydrogens (tertiary/aromatic N) is 2. The van der Waals surface area contributed by atoms with Crippen LogP contribution >= 0.6 is 0 Å². The SMILES string of the molecule is Cc1n[nH]c(C)c1S(=O)(=O)Nc1ccc2nc[nH]c2c1.